The Morgan fingerprint density at radius 2 is 2.21 bits per heavy atom. The zero-order valence-electron chi connectivity index (χ0n) is 8.54. The number of nitrogens with zero attached hydrogens (tertiary/aromatic N) is 1. The lowest BCUT2D eigenvalue weighted by Crippen LogP contribution is -2.14. The lowest BCUT2D eigenvalue weighted by molar-refractivity contribution is 0.481. The molecule has 0 saturated heterocycles. The van der Waals surface area contributed by atoms with Crippen LogP contribution in [0.5, 0.6) is 0 Å². The van der Waals surface area contributed by atoms with Crippen LogP contribution in [-0.2, 0) is 5.41 Å². The summed E-state index contributed by atoms with van der Waals surface area (Å²) >= 11 is 0. The van der Waals surface area contributed by atoms with Crippen molar-refractivity contribution in [1.29, 1.82) is 5.26 Å². The Balaban J connectivity index is 2.60. The zero-order chi connectivity index (χ0) is 10.3. The van der Waals surface area contributed by atoms with E-state index in [2.05, 4.69) is 19.9 Å². The van der Waals surface area contributed by atoms with Gasteiger partial charge in [-0.05, 0) is 35.1 Å². The molecule has 0 heterocycles. The van der Waals surface area contributed by atoms with Gasteiger partial charge in [0.1, 0.15) is 0 Å². The molecule has 14 heavy (non-hydrogen) atoms. The highest BCUT2D eigenvalue weighted by molar-refractivity contribution is 5.46. The average molecular weight is 186 g/mol. The largest absolute Gasteiger partial charge is 0.324 e. The van der Waals surface area contributed by atoms with E-state index in [0.717, 1.165) is 12.0 Å². The second-order valence-corrected chi connectivity index (χ2v) is 4.61. The van der Waals surface area contributed by atoms with Crippen LogP contribution in [-0.4, -0.2) is 0 Å². The fourth-order valence-corrected chi connectivity index (χ4v) is 2.30. The Hall–Kier alpha value is -1.33. The topological polar surface area (TPSA) is 49.8 Å². The van der Waals surface area contributed by atoms with E-state index in [4.69, 9.17) is 11.0 Å². The summed E-state index contributed by atoms with van der Waals surface area (Å²) in [6, 6.07) is 8.12. The van der Waals surface area contributed by atoms with Gasteiger partial charge in [-0.2, -0.15) is 5.26 Å². The molecule has 0 saturated carbocycles. The number of benzene rings is 1. The van der Waals surface area contributed by atoms with Gasteiger partial charge in [0.25, 0.3) is 0 Å². The van der Waals surface area contributed by atoms with E-state index in [0.29, 0.717) is 0 Å². The molecule has 1 aromatic rings. The minimum atomic E-state index is 0.113. The van der Waals surface area contributed by atoms with Crippen LogP contribution >= 0.6 is 0 Å². The Labute approximate surface area is 84.3 Å². The highest BCUT2D eigenvalue weighted by atomic mass is 14.7. The van der Waals surface area contributed by atoms with Gasteiger partial charge >= 0.3 is 0 Å². The van der Waals surface area contributed by atoms with Crippen LogP contribution in [0.4, 0.5) is 0 Å². The van der Waals surface area contributed by atoms with Gasteiger partial charge < -0.3 is 5.73 Å². The van der Waals surface area contributed by atoms with Crippen LogP contribution in [0, 0.1) is 11.3 Å². The van der Waals surface area contributed by atoms with Crippen molar-refractivity contribution in [2.24, 2.45) is 5.73 Å². The first kappa shape index (κ1) is 9.23. The molecule has 0 fully saturated rings. The predicted molar refractivity (Wildman–Crippen MR) is 55.7 cm³/mol. The Kier molecular flexibility index (Phi) is 1.87. The van der Waals surface area contributed by atoms with Crippen LogP contribution in [0.2, 0.25) is 0 Å². The first-order chi connectivity index (χ1) is 6.54. The number of rotatable bonds is 0. The number of hydrogen-bond donors (Lipinski definition) is 1. The summed E-state index contributed by atoms with van der Waals surface area (Å²) in [5.41, 5.74) is 9.31. The summed E-state index contributed by atoms with van der Waals surface area (Å²) in [7, 11) is 0. The van der Waals surface area contributed by atoms with E-state index < -0.39 is 0 Å². The first-order valence-corrected chi connectivity index (χ1v) is 4.85. The van der Waals surface area contributed by atoms with Gasteiger partial charge in [0, 0.05) is 6.04 Å². The van der Waals surface area contributed by atoms with E-state index in [1.165, 1.54) is 11.1 Å². The van der Waals surface area contributed by atoms with Gasteiger partial charge in [0.2, 0.25) is 0 Å². The summed E-state index contributed by atoms with van der Waals surface area (Å²) in [6.45, 7) is 4.36. The fraction of sp³-hybridized carbons (Fsp3) is 0.417. The lowest BCUT2D eigenvalue weighted by Gasteiger charge is -2.18. The molecule has 2 rings (SSSR count). The molecule has 2 heteroatoms. The summed E-state index contributed by atoms with van der Waals surface area (Å²) in [6.07, 6.45) is 0.969. The average Bonchev–Trinajstić information content (AvgIpc) is 2.37. The Bertz CT molecular complexity index is 413. The molecule has 0 radical (unpaired) electrons. The monoisotopic (exact) mass is 186 g/mol. The van der Waals surface area contributed by atoms with Crippen LogP contribution in [0.25, 0.3) is 0 Å². The molecule has 0 spiro atoms. The first-order valence-electron chi connectivity index (χ1n) is 4.85. The minimum absolute atomic E-state index is 0.113. The van der Waals surface area contributed by atoms with Crippen molar-refractivity contribution in [3.8, 4) is 6.07 Å². The molecular weight excluding hydrogens is 172 g/mol. The van der Waals surface area contributed by atoms with Crippen molar-refractivity contribution in [3.05, 3.63) is 34.9 Å². The third-order valence-corrected chi connectivity index (χ3v) is 3.04. The molecule has 2 nitrogen and oxygen atoms in total. The second-order valence-electron chi connectivity index (χ2n) is 4.61. The molecule has 0 aliphatic heterocycles. The molecule has 72 valence electrons. The normalized spacial score (nSPS) is 22.9. The number of fused-ring (bicyclic) bond motifs is 1. The predicted octanol–water partition coefficient (Wildman–Crippen LogP) is 2.24. The summed E-state index contributed by atoms with van der Waals surface area (Å²) in [5.74, 6) is 0. The third-order valence-electron chi connectivity index (χ3n) is 3.04. The van der Waals surface area contributed by atoms with Gasteiger partial charge in [-0.3, -0.25) is 0 Å². The molecule has 0 bridgehead atoms. The van der Waals surface area contributed by atoms with Crippen molar-refractivity contribution in [3.63, 3.8) is 0 Å². The van der Waals surface area contributed by atoms with Crippen molar-refractivity contribution in [1.82, 2.24) is 0 Å². The maximum Gasteiger partial charge on any atom is 0.0991 e. The summed E-state index contributed by atoms with van der Waals surface area (Å²) in [4.78, 5) is 0. The lowest BCUT2D eigenvalue weighted by atomic mass is 9.86. The molecular formula is C12H14N2. The highest BCUT2D eigenvalue weighted by Crippen LogP contribution is 2.43. The smallest absolute Gasteiger partial charge is 0.0991 e. The second kappa shape index (κ2) is 2.83. The SMILES string of the molecule is CC1(C)C[C@@H](N)c2ccc(C#N)cc21. The molecule has 2 N–H and O–H groups in total. The van der Waals surface area contributed by atoms with Gasteiger partial charge in [-0.15, -0.1) is 0 Å². The third kappa shape index (κ3) is 1.21. The van der Waals surface area contributed by atoms with E-state index in [9.17, 15) is 0 Å². The Morgan fingerprint density at radius 3 is 2.86 bits per heavy atom. The number of nitriles is 1. The van der Waals surface area contributed by atoms with Crippen LogP contribution in [0.3, 0.4) is 0 Å². The summed E-state index contributed by atoms with van der Waals surface area (Å²) in [5, 5.41) is 8.82. The zero-order valence-corrected chi connectivity index (χ0v) is 8.54. The quantitative estimate of drug-likeness (QED) is 0.675. The van der Waals surface area contributed by atoms with E-state index in [1.807, 2.05) is 18.2 Å². The molecule has 0 aromatic heterocycles. The van der Waals surface area contributed by atoms with E-state index >= 15 is 0 Å². The molecule has 1 aromatic carbocycles. The molecule has 0 amide bonds. The fourth-order valence-electron chi connectivity index (χ4n) is 2.30. The molecule has 0 unspecified atom stereocenters. The van der Waals surface area contributed by atoms with Gasteiger partial charge in [-0.25, -0.2) is 0 Å². The Morgan fingerprint density at radius 1 is 1.50 bits per heavy atom. The van der Waals surface area contributed by atoms with E-state index in [-0.39, 0.29) is 11.5 Å². The van der Waals surface area contributed by atoms with Crippen LogP contribution in [0.15, 0.2) is 18.2 Å². The molecule has 1 aliphatic carbocycles. The highest BCUT2D eigenvalue weighted by Gasteiger charge is 2.34. The van der Waals surface area contributed by atoms with Crippen LogP contribution < -0.4 is 5.73 Å². The van der Waals surface area contributed by atoms with Gasteiger partial charge in [0.15, 0.2) is 0 Å². The van der Waals surface area contributed by atoms with E-state index in [1.54, 1.807) is 0 Å². The standard InChI is InChI=1S/C12H14N2/c1-12(2)6-11(14)9-4-3-8(7-13)5-10(9)12/h3-5,11H,6,14H2,1-2H3/t11-/m1/s1. The summed E-state index contributed by atoms with van der Waals surface area (Å²) < 4.78 is 0. The van der Waals surface area contributed by atoms with Crippen LogP contribution in [0.1, 0.15) is 43.0 Å². The van der Waals surface area contributed by atoms with Crippen molar-refractivity contribution in [2.75, 3.05) is 0 Å². The maximum atomic E-state index is 8.82. The number of nitrogens with two attached hydrogens (primary N) is 1. The number of hydrogen-bond acceptors (Lipinski definition) is 2. The van der Waals surface area contributed by atoms with Crippen molar-refractivity contribution < 1.29 is 0 Å². The van der Waals surface area contributed by atoms with Crippen molar-refractivity contribution in [2.45, 2.75) is 31.7 Å². The van der Waals surface area contributed by atoms with Crippen molar-refractivity contribution >= 4 is 0 Å². The minimum Gasteiger partial charge on any atom is -0.324 e. The maximum absolute atomic E-state index is 8.82. The molecule has 1 aliphatic rings. The van der Waals surface area contributed by atoms with Gasteiger partial charge in [0.05, 0.1) is 11.6 Å². The molecule has 1 atom stereocenters. The van der Waals surface area contributed by atoms with Gasteiger partial charge in [-0.1, -0.05) is 19.9 Å².